The normalized spacial score (nSPS) is 18.0. The summed E-state index contributed by atoms with van der Waals surface area (Å²) in [6, 6.07) is 7.86. The number of carbonyl (C=O) groups is 1. The fourth-order valence-electron chi connectivity index (χ4n) is 2.39. The summed E-state index contributed by atoms with van der Waals surface area (Å²) in [5.41, 5.74) is 0.901. The van der Waals surface area contributed by atoms with Gasteiger partial charge >= 0.3 is 0 Å². The SMILES string of the molecule is CC(C)(C)n1nnc(COc2ccc(C3CCC(=O)N3)cc2)n1. The summed E-state index contributed by atoms with van der Waals surface area (Å²) in [4.78, 5) is 12.8. The maximum Gasteiger partial charge on any atom is 0.220 e. The molecule has 1 aliphatic rings. The number of rotatable bonds is 4. The Labute approximate surface area is 135 Å². The molecule has 7 nitrogen and oxygen atoms in total. The van der Waals surface area contributed by atoms with Gasteiger partial charge in [-0.15, -0.1) is 10.2 Å². The van der Waals surface area contributed by atoms with Crippen LogP contribution in [0.2, 0.25) is 0 Å². The van der Waals surface area contributed by atoms with E-state index < -0.39 is 0 Å². The lowest BCUT2D eigenvalue weighted by molar-refractivity contribution is -0.119. The molecule has 0 radical (unpaired) electrons. The van der Waals surface area contributed by atoms with Crippen LogP contribution in [0, 0.1) is 0 Å². The Morgan fingerprint density at radius 3 is 2.61 bits per heavy atom. The second-order valence-corrected chi connectivity index (χ2v) is 6.68. The van der Waals surface area contributed by atoms with Crippen LogP contribution in [-0.4, -0.2) is 26.1 Å². The van der Waals surface area contributed by atoms with Gasteiger partial charge in [-0.25, -0.2) is 0 Å². The van der Waals surface area contributed by atoms with Crippen molar-refractivity contribution in [1.82, 2.24) is 25.5 Å². The van der Waals surface area contributed by atoms with Crippen LogP contribution in [0.1, 0.15) is 51.0 Å². The van der Waals surface area contributed by atoms with Gasteiger partial charge in [0.1, 0.15) is 5.75 Å². The number of nitrogens with one attached hydrogen (secondary N) is 1. The monoisotopic (exact) mass is 315 g/mol. The Kier molecular flexibility index (Phi) is 4.02. The van der Waals surface area contributed by atoms with Gasteiger partial charge in [-0.3, -0.25) is 4.79 Å². The molecule has 23 heavy (non-hydrogen) atoms. The minimum Gasteiger partial charge on any atom is -0.485 e. The van der Waals surface area contributed by atoms with Crippen LogP contribution in [0.25, 0.3) is 0 Å². The van der Waals surface area contributed by atoms with Gasteiger partial charge < -0.3 is 10.1 Å². The van der Waals surface area contributed by atoms with Gasteiger partial charge in [-0.05, 0) is 50.1 Å². The average molecular weight is 315 g/mol. The van der Waals surface area contributed by atoms with Crippen LogP contribution in [-0.2, 0) is 16.9 Å². The second kappa shape index (κ2) is 5.98. The van der Waals surface area contributed by atoms with Gasteiger partial charge in [-0.2, -0.15) is 4.80 Å². The Balaban J connectivity index is 1.58. The smallest absolute Gasteiger partial charge is 0.220 e. The number of carbonyl (C=O) groups excluding carboxylic acids is 1. The highest BCUT2D eigenvalue weighted by Gasteiger charge is 2.22. The fraction of sp³-hybridized carbons (Fsp3) is 0.500. The predicted octanol–water partition coefficient (Wildman–Crippen LogP) is 1.96. The van der Waals surface area contributed by atoms with Gasteiger partial charge in [0.05, 0.1) is 11.6 Å². The number of nitrogens with zero attached hydrogens (tertiary/aromatic N) is 4. The summed E-state index contributed by atoms with van der Waals surface area (Å²) in [5.74, 6) is 1.40. The number of benzene rings is 1. The summed E-state index contributed by atoms with van der Waals surface area (Å²) in [6.45, 7) is 6.31. The molecule has 3 rings (SSSR count). The Bertz CT molecular complexity index is 687. The first-order chi connectivity index (χ1) is 10.9. The van der Waals surface area contributed by atoms with E-state index >= 15 is 0 Å². The van der Waals surface area contributed by atoms with Gasteiger partial charge in [0.15, 0.2) is 6.61 Å². The first kappa shape index (κ1) is 15.5. The molecule has 1 saturated heterocycles. The third kappa shape index (κ3) is 3.67. The lowest BCUT2D eigenvalue weighted by atomic mass is 10.1. The summed E-state index contributed by atoms with van der Waals surface area (Å²) in [7, 11) is 0. The zero-order valence-corrected chi connectivity index (χ0v) is 13.6. The van der Waals surface area contributed by atoms with E-state index in [0.29, 0.717) is 12.2 Å². The van der Waals surface area contributed by atoms with E-state index in [1.165, 1.54) is 0 Å². The lowest BCUT2D eigenvalue weighted by Gasteiger charge is -2.15. The minimum atomic E-state index is -0.196. The molecule has 1 unspecified atom stereocenters. The van der Waals surface area contributed by atoms with E-state index in [9.17, 15) is 4.79 Å². The van der Waals surface area contributed by atoms with E-state index in [1.54, 1.807) is 4.80 Å². The lowest BCUT2D eigenvalue weighted by Crippen LogP contribution is -2.24. The standard InChI is InChI=1S/C16H21N5O2/c1-16(2,3)21-19-14(18-20-21)10-23-12-6-4-11(5-7-12)13-8-9-15(22)17-13/h4-7,13H,8-10H2,1-3H3,(H,17,22). The quantitative estimate of drug-likeness (QED) is 0.932. The number of aromatic nitrogens is 4. The van der Waals surface area contributed by atoms with E-state index in [4.69, 9.17) is 4.74 Å². The van der Waals surface area contributed by atoms with Crippen molar-refractivity contribution in [2.45, 2.75) is 51.8 Å². The van der Waals surface area contributed by atoms with Crippen molar-refractivity contribution >= 4 is 5.91 Å². The number of ether oxygens (including phenoxy) is 1. The van der Waals surface area contributed by atoms with E-state index in [1.807, 2.05) is 45.0 Å². The molecule has 1 aromatic carbocycles. The topological polar surface area (TPSA) is 81.9 Å². The van der Waals surface area contributed by atoms with Gasteiger partial charge in [0.2, 0.25) is 11.7 Å². The molecular weight excluding hydrogens is 294 g/mol. The van der Waals surface area contributed by atoms with Crippen molar-refractivity contribution in [1.29, 1.82) is 0 Å². The number of tetrazole rings is 1. The Hall–Kier alpha value is -2.44. The highest BCUT2D eigenvalue weighted by molar-refractivity contribution is 5.78. The molecule has 0 aliphatic carbocycles. The predicted molar refractivity (Wildman–Crippen MR) is 83.7 cm³/mol. The second-order valence-electron chi connectivity index (χ2n) is 6.68. The molecule has 0 spiro atoms. The summed E-state index contributed by atoms with van der Waals surface area (Å²) < 4.78 is 5.69. The molecule has 1 fully saturated rings. The van der Waals surface area contributed by atoms with Crippen LogP contribution in [0.5, 0.6) is 5.75 Å². The van der Waals surface area contributed by atoms with Crippen LogP contribution in [0.15, 0.2) is 24.3 Å². The van der Waals surface area contributed by atoms with Crippen molar-refractivity contribution in [3.8, 4) is 5.75 Å². The highest BCUT2D eigenvalue weighted by atomic mass is 16.5. The van der Waals surface area contributed by atoms with Crippen LogP contribution >= 0.6 is 0 Å². The molecule has 1 aliphatic heterocycles. The van der Waals surface area contributed by atoms with Gasteiger partial charge in [-0.1, -0.05) is 12.1 Å². The Morgan fingerprint density at radius 2 is 2.04 bits per heavy atom. The molecule has 1 amide bonds. The van der Waals surface area contributed by atoms with E-state index in [0.717, 1.165) is 17.7 Å². The fourth-order valence-corrected chi connectivity index (χ4v) is 2.39. The molecule has 7 heteroatoms. The maximum absolute atomic E-state index is 11.3. The molecule has 1 aromatic heterocycles. The first-order valence-electron chi connectivity index (χ1n) is 7.73. The van der Waals surface area contributed by atoms with Crippen LogP contribution in [0.3, 0.4) is 0 Å². The Morgan fingerprint density at radius 1 is 1.30 bits per heavy atom. The van der Waals surface area contributed by atoms with Crippen molar-refractivity contribution in [2.24, 2.45) is 0 Å². The summed E-state index contributed by atoms with van der Waals surface area (Å²) in [6.07, 6.45) is 1.44. The van der Waals surface area contributed by atoms with Crippen LogP contribution in [0.4, 0.5) is 0 Å². The largest absolute Gasteiger partial charge is 0.485 e. The third-order valence-corrected chi connectivity index (χ3v) is 3.70. The molecule has 0 saturated carbocycles. The number of amides is 1. The number of hydrogen-bond acceptors (Lipinski definition) is 5. The van der Waals surface area contributed by atoms with Crippen LogP contribution < -0.4 is 10.1 Å². The maximum atomic E-state index is 11.3. The molecule has 2 heterocycles. The third-order valence-electron chi connectivity index (χ3n) is 3.70. The molecule has 1 N–H and O–H groups in total. The van der Waals surface area contributed by atoms with Crippen molar-refractivity contribution in [2.75, 3.05) is 0 Å². The van der Waals surface area contributed by atoms with Gasteiger partial charge in [0.25, 0.3) is 0 Å². The zero-order chi connectivity index (χ0) is 16.4. The van der Waals surface area contributed by atoms with E-state index in [2.05, 4.69) is 20.7 Å². The number of hydrogen-bond donors (Lipinski definition) is 1. The molecular formula is C16H21N5O2. The zero-order valence-electron chi connectivity index (χ0n) is 13.6. The molecule has 122 valence electrons. The highest BCUT2D eigenvalue weighted by Crippen LogP contribution is 2.25. The molecule has 0 bridgehead atoms. The minimum absolute atomic E-state index is 0.114. The van der Waals surface area contributed by atoms with E-state index in [-0.39, 0.29) is 24.1 Å². The van der Waals surface area contributed by atoms with Crippen molar-refractivity contribution in [3.63, 3.8) is 0 Å². The van der Waals surface area contributed by atoms with Crippen molar-refractivity contribution in [3.05, 3.63) is 35.7 Å². The van der Waals surface area contributed by atoms with Crippen molar-refractivity contribution < 1.29 is 9.53 Å². The summed E-state index contributed by atoms with van der Waals surface area (Å²) in [5, 5.41) is 15.3. The summed E-state index contributed by atoms with van der Waals surface area (Å²) >= 11 is 0. The first-order valence-corrected chi connectivity index (χ1v) is 7.73. The molecule has 1 atom stereocenters. The average Bonchev–Trinajstić information content (AvgIpc) is 3.14. The van der Waals surface area contributed by atoms with Gasteiger partial charge in [0, 0.05) is 6.42 Å². The molecule has 2 aromatic rings.